The second kappa shape index (κ2) is 3.41. The molecule has 0 saturated carbocycles. The van der Waals surface area contributed by atoms with Gasteiger partial charge in [-0.15, -0.1) is 0 Å². The summed E-state index contributed by atoms with van der Waals surface area (Å²) in [6, 6.07) is 9.57. The fraction of sp³-hybridized carbons (Fsp3) is 0.100. The van der Waals surface area contributed by atoms with Crippen LogP contribution in [0.5, 0.6) is 0 Å². The van der Waals surface area contributed by atoms with Crippen molar-refractivity contribution in [2.24, 2.45) is 5.73 Å². The van der Waals surface area contributed by atoms with Gasteiger partial charge in [0.1, 0.15) is 5.76 Å². The van der Waals surface area contributed by atoms with Crippen LogP contribution in [-0.2, 0) is 0 Å². The van der Waals surface area contributed by atoms with Crippen LogP contribution in [0.4, 0.5) is 0 Å². The van der Waals surface area contributed by atoms with Gasteiger partial charge < -0.3 is 10.2 Å². The van der Waals surface area contributed by atoms with E-state index in [2.05, 4.69) is 4.98 Å². The normalized spacial score (nSPS) is 12.7. The van der Waals surface area contributed by atoms with Crippen molar-refractivity contribution in [2.45, 2.75) is 6.04 Å². The van der Waals surface area contributed by atoms with Crippen molar-refractivity contribution >= 4 is 0 Å². The zero-order valence-electron chi connectivity index (χ0n) is 7.05. The Labute approximate surface area is 76.2 Å². The molecule has 1 atom stereocenters. The number of hydrogen-bond acceptors (Lipinski definition) is 3. The molecule has 0 aliphatic rings. The number of oxazole rings is 1. The van der Waals surface area contributed by atoms with E-state index in [4.69, 9.17) is 10.2 Å². The minimum absolute atomic E-state index is 0.219. The van der Waals surface area contributed by atoms with E-state index >= 15 is 0 Å². The van der Waals surface area contributed by atoms with E-state index in [0.29, 0.717) is 5.76 Å². The van der Waals surface area contributed by atoms with E-state index in [9.17, 15) is 0 Å². The second-order valence-electron chi connectivity index (χ2n) is 2.79. The van der Waals surface area contributed by atoms with E-state index in [1.807, 2.05) is 30.3 Å². The Morgan fingerprint density at radius 2 is 2.00 bits per heavy atom. The summed E-state index contributed by atoms with van der Waals surface area (Å²) in [5, 5.41) is 0. The number of nitrogens with two attached hydrogens (primary N) is 1. The minimum atomic E-state index is -0.219. The molecule has 0 saturated heterocycles. The third-order valence-corrected chi connectivity index (χ3v) is 1.92. The van der Waals surface area contributed by atoms with Crippen molar-refractivity contribution in [3.63, 3.8) is 0 Å². The highest BCUT2D eigenvalue weighted by molar-refractivity contribution is 5.24. The van der Waals surface area contributed by atoms with E-state index in [1.54, 1.807) is 6.20 Å². The first kappa shape index (κ1) is 8.01. The molecule has 13 heavy (non-hydrogen) atoms. The first-order valence-corrected chi connectivity index (χ1v) is 4.07. The molecule has 1 heterocycles. The van der Waals surface area contributed by atoms with Crippen LogP contribution in [0.2, 0.25) is 0 Å². The summed E-state index contributed by atoms with van der Waals surface area (Å²) in [6.45, 7) is 0. The van der Waals surface area contributed by atoms with E-state index in [-0.39, 0.29) is 6.04 Å². The minimum Gasteiger partial charge on any atom is -0.446 e. The highest BCUT2D eigenvalue weighted by Crippen LogP contribution is 2.17. The molecule has 0 spiro atoms. The lowest BCUT2D eigenvalue weighted by atomic mass is 10.1. The van der Waals surface area contributed by atoms with Gasteiger partial charge in [0.25, 0.3) is 0 Å². The third kappa shape index (κ3) is 1.60. The molecule has 2 aromatic rings. The first-order valence-electron chi connectivity index (χ1n) is 4.07. The van der Waals surface area contributed by atoms with Gasteiger partial charge in [0, 0.05) is 0 Å². The molecule has 1 aromatic carbocycles. The molecule has 2 rings (SSSR count). The third-order valence-electron chi connectivity index (χ3n) is 1.92. The largest absolute Gasteiger partial charge is 0.446 e. The molecular formula is C10H10N2O. The molecule has 66 valence electrons. The maximum atomic E-state index is 5.93. The summed E-state index contributed by atoms with van der Waals surface area (Å²) in [5.74, 6) is 0.686. The van der Waals surface area contributed by atoms with E-state index in [0.717, 1.165) is 5.56 Å². The fourth-order valence-electron chi connectivity index (χ4n) is 1.20. The van der Waals surface area contributed by atoms with Crippen LogP contribution in [0.1, 0.15) is 17.4 Å². The van der Waals surface area contributed by atoms with Gasteiger partial charge in [0.2, 0.25) is 0 Å². The van der Waals surface area contributed by atoms with Gasteiger partial charge in [-0.05, 0) is 5.56 Å². The van der Waals surface area contributed by atoms with Gasteiger partial charge in [0.05, 0.1) is 12.2 Å². The summed E-state index contributed by atoms with van der Waals surface area (Å²) < 4.78 is 5.11. The Bertz CT molecular complexity index is 356. The van der Waals surface area contributed by atoms with Crippen LogP contribution in [0, 0.1) is 0 Å². The van der Waals surface area contributed by atoms with Gasteiger partial charge >= 0.3 is 0 Å². The average molecular weight is 174 g/mol. The molecule has 1 aromatic heterocycles. The maximum Gasteiger partial charge on any atom is 0.180 e. The van der Waals surface area contributed by atoms with E-state index < -0.39 is 0 Å². The van der Waals surface area contributed by atoms with Crippen LogP contribution in [0.25, 0.3) is 0 Å². The number of aromatic nitrogens is 1. The smallest absolute Gasteiger partial charge is 0.180 e. The molecule has 3 heteroatoms. The summed E-state index contributed by atoms with van der Waals surface area (Å²) in [6.07, 6.45) is 3.02. The molecule has 0 bridgehead atoms. The van der Waals surface area contributed by atoms with Crippen molar-refractivity contribution in [1.82, 2.24) is 4.98 Å². The number of nitrogens with zero attached hydrogens (tertiary/aromatic N) is 1. The van der Waals surface area contributed by atoms with Gasteiger partial charge in [-0.1, -0.05) is 30.3 Å². The summed E-state index contributed by atoms with van der Waals surface area (Å²) in [5.41, 5.74) is 6.95. The van der Waals surface area contributed by atoms with Crippen LogP contribution < -0.4 is 5.73 Å². The standard InChI is InChI=1S/C10H10N2O/c11-10(9-6-12-7-13-9)8-4-2-1-3-5-8/h1-7,10H,11H2/t10-/m1/s1. The summed E-state index contributed by atoms with van der Waals surface area (Å²) in [7, 11) is 0. The molecule has 0 amide bonds. The number of rotatable bonds is 2. The lowest BCUT2D eigenvalue weighted by molar-refractivity contribution is 0.485. The quantitative estimate of drug-likeness (QED) is 0.754. The molecule has 0 aliphatic heterocycles. The van der Waals surface area contributed by atoms with Gasteiger partial charge in [-0.25, -0.2) is 4.98 Å². The zero-order chi connectivity index (χ0) is 9.10. The second-order valence-corrected chi connectivity index (χ2v) is 2.79. The maximum absolute atomic E-state index is 5.93. The number of hydrogen-bond donors (Lipinski definition) is 1. The molecule has 2 N–H and O–H groups in total. The topological polar surface area (TPSA) is 52.0 Å². The van der Waals surface area contributed by atoms with Crippen molar-refractivity contribution in [1.29, 1.82) is 0 Å². The van der Waals surface area contributed by atoms with Crippen molar-refractivity contribution in [2.75, 3.05) is 0 Å². The van der Waals surface area contributed by atoms with Crippen LogP contribution in [0.15, 0.2) is 47.3 Å². The Hall–Kier alpha value is -1.61. The SMILES string of the molecule is N[C@H](c1ccccc1)c1cnco1. The molecule has 0 radical (unpaired) electrons. The highest BCUT2D eigenvalue weighted by Gasteiger charge is 2.10. The fourth-order valence-corrected chi connectivity index (χ4v) is 1.20. The number of benzene rings is 1. The Balaban J connectivity index is 2.29. The molecule has 3 nitrogen and oxygen atoms in total. The zero-order valence-corrected chi connectivity index (χ0v) is 7.05. The van der Waals surface area contributed by atoms with Crippen LogP contribution in [0.3, 0.4) is 0 Å². The monoisotopic (exact) mass is 174 g/mol. The molecule has 0 fully saturated rings. The summed E-state index contributed by atoms with van der Waals surface area (Å²) in [4.78, 5) is 3.82. The van der Waals surface area contributed by atoms with Crippen LogP contribution >= 0.6 is 0 Å². The van der Waals surface area contributed by atoms with Crippen LogP contribution in [-0.4, -0.2) is 4.98 Å². The predicted octanol–water partition coefficient (Wildman–Crippen LogP) is 1.72. The van der Waals surface area contributed by atoms with Gasteiger partial charge in [-0.3, -0.25) is 0 Å². The molecular weight excluding hydrogens is 164 g/mol. The lowest BCUT2D eigenvalue weighted by Crippen LogP contribution is -2.10. The predicted molar refractivity (Wildman–Crippen MR) is 49.0 cm³/mol. The molecule has 0 unspecified atom stereocenters. The Morgan fingerprint density at radius 1 is 1.23 bits per heavy atom. The molecule has 0 aliphatic carbocycles. The van der Waals surface area contributed by atoms with Crippen molar-refractivity contribution in [3.05, 3.63) is 54.2 Å². The Kier molecular flexibility index (Phi) is 2.10. The van der Waals surface area contributed by atoms with E-state index in [1.165, 1.54) is 6.39 Å². The van der Waals surface area contributed by atoms with Gasteiger partial charge in [0.15, 0.2) is 6.39 Å². The summed E-state index contributed by atoms with van der Waals surface area (Å²) >= 11 is 0. The van der Waals surface area contributed by atoms with Crippen molar-refractivity contribution < 1.29 is 4.42 Å². The Morgan fingerprint density at radius 3 is 2.62 bits per heavy atom. The lowest BCUT2D eigenvalue weighted by Gasteiger charge is -2.07. The average Bonchev–Trinajstić information content (AvgIpc) is 2.71. The first-order chi connectivity index (χ1) is 6.38. The van der Waals surface area contributed by atoms with Crippen molar-refractivity contribution in [3.8, 4) is 0 Å². The highest BCUT2D eigenvalue weighted by atomic mass is 16.3. The van der Waals surface area contributed by atoms with Gasteiger partial charge in [-0.2, -0.15) is 0 Å².